The molecule has 0 heterocycles. The Morgan fingerprint density at radius 1 is 1.13 bits per heavy atom. The Balaban J connectivity index is 1.95. The van der Waals surface area contributed by atoms with Gasteiger partial charge in [-0.05, 0) is 37.8 Å². The van der Waals surface area contributed by atoms with E-state index in [1.165, 1.54) is 6.92 Å². The van der Waals surface area contributed by atoms with Crippen LogP contribution in [0.1, 0.15) is 61.8 Å². The third-order valence-electron chi connectivity index (χ3n) is 6.16. The fraction of sp³-hybridized carbons (Fsp3) is 0.400. The molecule has 3 rings (SSSR count). The highest BCUT2D eigenvalue weighted by Crippen LogP contribution is 2.42. The SMILES string of the molecule is CC(=O)NC(CC(=O)N(C)C1(c2ccccc2Cl)CCCCC1=O)c1ccc(C)cc1. The third-order valence-corrected chi connectivity index (χ3v) is 6.49. The normalized spacial score (nSPS) is 19.5. The second-order valence-corrected chi connectivity index (χ2v) is 8.70. The molecule has 2 unspecified atom stereocenters. The van der Waals surface area contributed by atoms with Crippen LogP contribution in [0.4, 0.5) is 0 Å². The van der Waals surface area contributed by atoms with Crippen LogP contribution in [-0.4, -0.2) is 29.5 Å². The molecule has 5 nitrogen and oxygen atoms in total. The highest BCUT2D eigenvalue weighted by atomic mass is 35.5. The number of hydrogen-bond donors (Lipinski definition) is 1. The molecule has 2 aromatic carbocycles. The molecular formula is C25H29ClN2O3. The maximum Gasteiger partial charge on any atom is 0.225 e. The van der Waals surface area contributed by atoms with E-state index in [-0.39, 0.29) is 24.0 Å². The number of likely N-dealkylation sites (N-methyl/N-ethyl adjacent to an activating group) is 1. The van der Waals surface area contributed by atoms with Crippen molar-refractivity contribution in [2.24, 2.45) is 0 Å². The highest BCUT2D eigenvalue weighted by molar-refractivity contribution is 6.31. The molecule has 1 fully saturated rings. The molecule has 0 spiro atoms. The van der Waals surface area contributed by atoms with Gasteiger partial charge in [-0.2, -0.15) is 0 Å². The first kappa shape index (κ1) is 23.0. The number of carbonyl (C=O) groups is 3. The zero-order chi connectivity index (χ0) is 22.6. The van der Waals surface area contributed by atoms with Crippen LogP contribution < -0.4 is 5.32 Å². The quantitative estimate of drug-likeness (QED) is 0.707. The Hall–Kier alpha value is -2.66. The largest absolute Gasteiger partial charge is 0.349 e. The summed E-state index contributed by atoms with van der Waals surface area (Å²) in [4.78, 5) is 40.1. The average Bonchev–Trinajstić information content (AvgIpc) is 2.74. The molecule has 1 N–H and O–H groups in total. The number of nitrogens with zero attached hydrogens (tertiary/aromatic N) is 1. The Bertz CT molecular complexity index is 973. The van der Waals surface area contributed by atoms with E-state index in [0.29, 0.717) is 23.4 Å². The first-order valence-corrected chi connectivity index (χ1v) is 11.0. The van der Waals surface area contributed by atoms with Crippen LogP contribution >= 0.6 is 11.6 Å². The smallest absolute Gasteiger partial charge is 0.225 e. The zero-order valence-corrected chi connectivity index (χ0v) is 19.0. The summed E-state index contributed by atoms with van der Waals surface area (Å²) in [7, 11) is 1.68. The monoisotopic (exact) mass is 440 g/mol. The number of benzene rings is 2. The standard InChI is InChI=1S/C25H29ClN2O3/c1-17-11-13-19(14-12-17)22(27-18(2)29)16-24(31)28(3)25(15-7-6-10-23(25)30)20-8-4-5-9-21(20)26/h4-5,8-9,11-14,22H,6-7,10,15-16H2,1-3H3,(H,27,29). The van der Waals surface area contributed by atoms with Crippen LogP contribution in [-0.2, 0) is 19.9 Å². The number of nitrogens with one attached hydrogen (secondary N) is 1. The lowest BCUT2D eigenvalue weighted by Crippen LogP contribution is -2.54. The molecular weight excluding hydrogens is 412 g/mol. The topological polar surface area (TPSA) is 66.5 Å². The van der Waals surface area contributed by atoms with Gasteiger partial charge in [0, 0.05) is 31.0 Å². The fourth-order valence-corrected chi connectivity index (χ4v) is 4.74. The molecule has 0 bridgehead atoms. The lowest BCUT2D eigenvalue weighted by Gasteiger charge is -2.44. The summed E-state index contributed by atoms with van der Waals surface area (Å²) in [5.74, 6) is -0.417. The molecule has 0 radical (unpaired) electrons. The van der Waals surface area contributed by atoms with E-state index in [2.05, 4.69) is 5.32 Å². The van der Waals surface area contributed by atoms with Gasteiger partial charge in [-0.25, -0.2) is 0 Å². The summed E-state index contributed by atoms with van der Waals surface area (Å²) in [6.45, 7) is 3.42. The number of aryl methyl sites for hydroxylation is 1. The summed E-state index contributed by atoms with van der Waals surface area (Å²) in [5, 5.41) is 3.36. The van der Waals surface area contributed by atoms with Crippen molar-refractivity contribution in [1.82, 2.24) is 10.2 Å². The molecule has 2 atom stereocenters. The Kier molecular flexibility index (Phi) is 7.16. The van der Waals surface area contributed by atoms with Crippen LogP contribution in [0.25, 0.3) is 0 Å². The molecule has 1 saturated carbocycles. The highest BCUT2D eigenvalue weighted by Gasteiger charge is 2.48. The van der Waals surface area contributed by atoms with Crippen molar-refractivity contribution in [2.75, 3.05) is 7.05 Å². The van der Waals surface area contributed by atoms with Gasteiger partial charge < -0.3 is 10.2 Å². The van der Waals surface area contributed by atoms with E-state index in [9.17, 15) is 14.4 Å². The molecule has 2 aromatic rings. The van der Waals surface area contributed by atoms with Crippen LogP contribution in [0.5, 0.6) is 0 Å². The fourth-order valence-electron chi connectivity index (χ4n) is 4.45. The maximum absolute atomic E-state index is 13.5. The van der Waals surface area contributed by atoms with E-state index in [4.69, 9.17) is 11.6 Å². The molecule has 164 valence electrons. The lowest BCUT2D eigenvalue weighted by atomic mass is 9.74. The first-order chi connectivity index (χ1) is 14.8. The van der Waals surface area contributed by atoms with E-state index in [0.717, 1.165) is 24.0 Å². The van der Waals surface area contributed by atoms with Crippen molar-refractivity contribution in [3.63, 3.8) is 0 Å². The predicted octanol–water partition coefficient (Wildman–Crippen LogP) is 4.71. The summed E-state index contributed by atoms with van der Waals surface area (Å²) in [6.07, 6.45) is 2.65. The number of Topliss-reactive ketones (excluding diaryl/α,β-unsaturated/α-hetero) is 1. The van der Waals surface area contributed by atoms with Gasteiger partial charge in [0.1, 0.15) is 5.54 Å². The van der Waals surface area contributed by atoms with Crippen molar-refractivity contribution in [3.05, 3.63) is 70.2 Å². The van der Waals surface area contributed by atoms with Gasteiger partial charge >= 0.3 is 0 Å². The summed E-state index contributed by atoms with van der Waals surface area (Å²) < 4.78 is 0. The number of halogens is 1. The van der Waals surface area contributed by atoms with Gasteiger partial charge in [-0.15, -0.1) is 0 Å². The van der Waals surface area contributed by atoms with E-state index in [1.54, 1.807) is 18.0 Å². The number of carbonyl (C=O) groups excluding carboxylic acids is 3. The van der Waals surface area contributed by atoms with Gasteiger partial charge in [-0.1, -0.05) is 59.6 Å². The van der Waals surface area contributed by atoms with Gasteiger partial charge in [0.25, 0.3) is 0 Å². The van der Waals surface area contributed by atoms with Crippen molar-refractivity contribution in [3.8, 4) is 0 Å². The molecule has 0 aromatic heterocycles. The van der Waals surface area contributed by atoms with E-state index >= 15 is 0 Å². The van der Waals surface area contributed by atoms with Gasteiger partial charge in [0.2, 0.25) is 11.8 Å². The molecule has 1 aliphatic carbocycles. The molecule has 0 aliphatic heterocycles. The number of ketones is 1. The maximum atomic E-state index is 13.5. The number of amides is 2. The lowest BCUT2D eigenvalue weighted by molar-refractivity contribution is -0.148. The van der Waals surface area contributed by atoms with E-state index in [1.807, 2.05) is 49.4 Å². The minimum absolute atomic E-state index is 0.00844. The van der Waals surface area contributed by atoms with Crippen LogP contribution in [0.3, 0.4) is 0 Å². The summed E-state index contributed by atoms with van der Waals surface area (Å²) in [5.41, 5.74) is 1.54. The Morgan fingerprint density at radius 2 is 1.81 bits per heavy atom. The third kappa shape index (κ3) is 4.82. The van der Waals surface area contributed by atoms with E-state index < -0.39 is 11.6 Å². The second kappa shape index (κ2) is 9.65. The average molecular weight is 441 g/mol. The van der Waals surface area contributed by atoms with Crippen molar-refractivity contribution < 1.29 is 14.4 Å². The van der Waals surface area contributed by atoms with Gasteiger partial charge in [0.05, 0.1) is 12.5 Å². The minimum Gasteiger partial charge on any atom is -0.349 e. The van der Waals surface area contributed by atoms with Crippen molar-refractivity contribution in [1.29, 1.82) is 0 Å². The van der Waals surface area contributed by atoms with Crippen LogP contribution in [0.2, 0.25) is 5.02 Å². The Morgan fingerprint density at radius 3 is 2.42 bits per heavy atom. The van der Waals surface area contributed by atoms with Crippen molar-refractivity contribution >= 4 is 29.2 Å². The number of hydrogen-bond acceptors (Lipinski definition) is 3. The molecule has 31 heavy (non-hydrogen) atoms. The number of rotatable bonds is 6. The minimum atomic E-state index is -1.08. The Labute approximate surface area is 188 Å². The van der Waals surface area contributed by atoms with Gasteiger partial charge in [0.15, 0.2) is 5.78 Å². The van der Waals surface area contributed by atoms with Crippen LogP contribution in [0, 0.1) is 6.92 Å². The van der Waals surface area contributed by atoms with Crippen LogP contribution in [0.15, 0.2) is 48.5 Å². The molecule has 6 heteroatoms. The summed E-state index contributed by atoms with van der Waals surface area (Å²) in [6, 6.07) is 14.5. The predicted molar refractivity (Wildman–Crippen MR) is 122 cm³/mol. The molecule has 0 saturated heterocycles. The second-order valence-electron chi connectivity index (χ2n) is 8.29. The first-order valence-electron chi connectivity index (χ1n) is 10.6. The summed E-state index contributed by atoms with van der Waals surface area (Å²) >= 11 is 6.50. The van der Waals surface area contributed by atoms with Gasteiger partial charge in [-0.3, -0.25) is 14.4 Å². The molecule has 1 aliphatic rings. The van der Waals surface area contributed by atoms with Crippen molar-refractivity contribution in [2.45, 2.75) is 57.5 Å². The molecule has 2 amide bonds. The zero-order valence-electron chi connectivity index (χ0n) is 18.3.